The van der Waals surface area contributed by atoms with E-state index >= 15 is 0 Å². The Hall–Kier alpha value is -3.55. The van der Waals surface area contributed by atoms with E-state index in [1.807, 2.05) is 48.0 Å². The minimum absolute atomic E-state index is 0.0934. The molecule has 0 radical (unpaired) electrons. The number of para-hydroxylation sites is 2. The molecular formula is C22H22N6O2. The molecule has 8 heteroatoms. The molecule has 1 saturated carbocycles. The summed E-state index contributed by atoms with van der Waals surface area (Å²) in [5, 5.41) is 11.5. The highest BCUT2D eigenvalue weighted by Crippen LogP contribution is 2.33. The summed E-state index contributed by atoms with van der Waals surface area (Å²) in [7, 11) is 0. The fourth-order valence-corrected chi connectivity index (χ4v) is 4.00. The number of benzene rings is 1. The summed E-state index contributed by atoms with van der Waals surface area (Å²) < 4.78 is 7.76. The van der Waals surface area contributed by atoms with Gasteiger partial charge in [-0.2, -0.15) is 0 Å². The van der Waals surface area contributed by atoms with E-state index in [4.69, 9.17) is 4.42 Å². The molecule has 4 aromatic rings. The third-order valence-electron chi connectivity index (χ3n) is 5.58. The molecule has 0 bridgehead atoms. The van der Waals surface area contributed by atoms with Gasteiger partial charge in [0.2, 0.25) is 11.8 Å². The van der Waals surface area contributed by atoms with E-state index in [1.54, 1.807) is 12.4 Å². The van der Waals surface area contributed by atoms with Crippen molar-refractivity contribution in [2.24, 2.45) is 0 Å². The van der Waals surface area contributed by atoms with Crippen LogP contribution >= 0.6 is 0 Å². The number of carbonyl (C=O) groups is 1. The van der Waals surface area contributed by atoms with Gasteiger partial charge in [0.25, 0.3) is 0 Å². The molecule has 1 N–H and O–H groups in total. The van der Waals surface area contributed by atoms with Gasteiger partial charge in [0.1, 0.15) is 11.2 Å². The molecule has 2 unspecified atom stereocenters. The lowest BCUT2D eigenvalue weighted by atomic mass is 10.2. The van der Waals surface area contributed by atoms with Crippen molar-refractivity contribution in [3.63, 3.8) is 0 Å². The van der Waals surface area contributed by atoms with Crippen LogP contribution in [0, 0.1) is 0 Å². The van der Waals surface area contributed by atoms with Gasteiger partial charge in [0.15, 0.2) is 5.58 Å². The van der Waals surface area contributed by atoms with Gasteiger partial charge in [-0.3, -0.25) is 9.78 Å². The Labute approximate surface area is 173 Å². The lowest BCUT2D eigenvalue weighted by Gasteiger charge is -2.15. The molecule has 1 fully saturated rings. The summed E-state index contributed by atoms with van der Waals surface area (Å²) in [6, 6.07) is 12.0. The summed E-state index contributed by atoms with van der Waals surface area (Å²) >= 11 is 0. The number of carbonyl (C=O) groups excluding carboxylic acids is 1. The van der Waals surface area contributed by atoms with Crippen molar-refractivity contribution in [1.82, 2.24) is 30.3 Å². The Balaban J connectivity index is 1.36. The number of amides is 1. The third kappa shape index (κ3) is 3.45. The zero-order chi connectivity index (χ0) is 20.5. The number of pyridine rings is 1. The topological polar surface area (TPSA) is 98.7 Å². The van der Waals surface area contributed by atoms with Gasteiger partial charge < -0.3 is 9.73 Å². The largest absolute Gasteiger partial charge is 0.436 e. The number of nitrogens with one attached hydrogen (secondary N) is 1. The number of rotatable bonds is 5. The lowest BCUT2D eigenvalue weighted by Crippen LogP contribution is -2.32. The molecule has 1 aliphatic carbocycles. The second kappa shape index (κ2) is 7.70. The first kappa shape index (κ1) is 18.5. The average Bonchev–Trinajstić information content (AvgIpc) is 3.52. The Morgan fingerprint density at radius 3 is 2.90 bits per heavy atom. The second-order valence-corrected chi connectivity index (χ2v) is 7.57. The van der Waals surface area contributed by atoms with Gasteiger partial charge in [-0.15, -0.1) is 5.10 Å². The molecule has 1 aliphatic rings. The summed E-state index contributed by atoms with van der Waals surface area (Å²) in [5.74, 6) is 0.642. The molecule has 3 heterocycles. The van der Waals surface area contributed by atoms with Crippen molar-refractivity contribution in [2.75, 3.05) is 0 Å². The number of fused-ring (bicyclic) bond motifs is 1. The molecule has 0 aliphatic heterocycles. The van der Waals surface area contributed by atoms with Gasteiger partial charge >= 0.3 is 0 Å². The first-order valence-electron chi connectivity index (χ1n) is 10.2. The van der Waals surface area contributed by atoms with Crippen LogP contribution in [0.15, 0.2) is 53.2 Å². The molecular weight excluding hydrogens is 380 g/mol. The molecule has 0 saturated heterocycles. The van der Waals surface area contributed by atoms with Gasteiger partial charge in [-0.25, -0.2) is 9.67 Å². The summed E-state index contributed by atoms with van der Waals surface area (Å²) in [6.45, 7) is 1.87. The predicted octanol–water partition coefficient (Wildman–Crippen LogP) is 3.77. The summed E-state index contributed by atoms with van der Waals surface area (Å²) in [4.78, 5) is 20.8. The zero-order valence-corrected chi connectivity index (χ0v) is 16.7. The number of oxazole rings is 1. The fourth-order valence-electron chi connectivity index (χ4n) is 4.00. The average molecular weight is 402 g/mol. The number of hydrogen-bond donors (Lipinski definition) is 1. The number of aromatic nitrogens is 5. The maximum Gasteiger partial charge on any atom is 0.228 e. The second-order valence-electron chi connectivity index (χ2n) is 7.57. The van der Waals surface area contributed by atoms with E-state index < -0.39 is 0 Å². The molecule has 8 nitrogen and oxygen atoms in total. The molecule has 1 amide bonds. The molecule has 30 heavy (non-hydrogen) atoms. The Kier molecular flexibility index (Phi) is 4.74. The van der Waals surface area contributed by atoms with Crippen LogP contribution in [0.1, 0.15) is 38.6 Å². The number of hydrogen-bond acceptors (Lipinski definition) is 6. The van der Waals surface area contributed by atoms with Crippen molar-refractivity contribution >= 4 is 17.0 Å². The van der Waals surface area contributed by atoms with E-state index in [-0.39, 0.29) is 18.0 Å². The molecule has 3 aromatic heterocycles. The van der Waals surface area contributed by atoms with Crippen LogP contribution in [0.25, 0.3) is 33.9 Å². The van der Waals surface area contributed by atoms with Crippen LogP contribution in [0.4, 0.5) is 0 Å². The minimum atomic E-state index is 0.0934. The van der Waals surface area contributed by atoms with Crippen LogP contribution in [0.3, 0.4) is 0 Å². The van der Waals surface area contributed by atoms with Crippen molar-refractivity contribution in [3.8, 4) is 22.8 Å². The minimum Gasteiger partial charge on any atom is -0.436 e. The first-order chi connectivity index (χ1) is 14.7. The number of nitrogens with zero attached hydrogens (tertiary/aromatic N) is 5. The van der Waals surface area contributed by atoms with E-state index in [2.05, 4.69) is 25.6 Å². The maximum atomic E-state index is 11.7. The van der Waals surface area contributed by atoms with Crippen LogP contribution in [-0.4, -0.2) is 36.9 Å². The quantitative estimate of drug-likeness (QED) is 0.546. The van der Waals surface area contributed by atoms with Gasteiger partial charge in [-0.1, -0.05) is 24.3 Å². The van der Waals surface area contributed by atoms with E-state index in [1.165, 1.54) is 0 Å². The predicted molar refractivity (Wildman–Crippen MR) is 111 cm³/mol. The van der Waals surface area contributed by atoms with E-state index in [0.717, 1.165) is 47.3 Å². The third-order valence-corrected chi connectivity index (χ3v) is 5.58. The van der Waals surface area contributed by atoms with Crippen molar-refractivity contribution in [1.29, 1.82) is 0 Å². The van der Waals surface area contributed by atoms with Crippen LogP contribution < -0.4 is 5.32 Å². The van der Waals surface area contributed by atoms with Crippen LogP contribution in [0.5, 0.6) is 0 Å². The molecule has 152 valence electrons. The fraction of sp³-hybridized carbons (Fsp3) is 0.318. The van der Waals surface area contributed by atoms with Crippen molar-refractivity contribution in [3.05, 3.63) is 48.8 Å². The summed E-state index contributed by atoms with van der Waals surface area (Å²) in [5.41, 5.74) is 4.05. The molecule has 1 aromatic carbocycles. The SMILES string of the molecule is CCC(=O)NC1CCC(n2nncc2-c2ccc(-c3nc4ccccc4o3)cn2)C1. The maximum absolute atomic E-state index is 11.7. The zero-order valence-electron chi connectivity index (χ0n) is 16.7. The van der Waals surface area contributed by atoms with Gasteiger partial charge in [0.05, 0.1) is 23.5 Å². The van der Waals surface area contributed by atoms with Crippen molar-refractivity contribution in [2.45, 2.75) is 44.7 Å². The van der Waals surface area contributed by atoms with Gasteiger partial charge in [-0.05, 0) is 43.5 Å². The lowest BCUT2D eigenvalue weighted by molar-refractivity contribution is -0.121. The molecule has 0 spiro atoms. The molecule has 5 rings (SSSR count). The Morgan fingerprint density at radius 1 is 1.20 bits per heavy atom. The van der Waals surface area contributed by atoms with E-state index in [9.17, 15) is 4.79 Å². The highest BCUT2D eigenvalue weighted by Gasteiger charge is 2.29. The highest BCUT2D eigenvalue weighted by molar-refractivity contribution is 5.76. The summed E-state index contributed by atoms with van der Waals surface area (Å²) in [6.07, 6.45) is 6.75. The molecule has 2 atom stereocenters. The standard InChI is InChI=1S/C22H22N6O2/c1-2-21(29)25-15-8-9-16(11-15)28-19(13-24-27-28)17-10-7-14(12-23-17)22-26-18-5-3-4-6-20(18)30-22/h3-7,10,12-13,15-16H,2,8-9,11H2,1H3,(H,25,29). The van der Waals surface area contributed by atoms with E-state index in [0.29, 0.717) is 12.3 Å². The first-order valence-corrected chi connectivity index (χ1v) is 10.2. The normalized spacial score (nSPS) is 18.7. The highest BCUT2D eigenvalue weighted by atomic mass is 16.3. The Morgan fingerprint density at radius 2 is 2.10 bits per heavy atom. The monoisotopic (exact) mass is 402 g/mol. The smallest absolute Gasteiger partial charge is 0.228 e. The Bertz CT molecular complexity index is 1150. The van der Waals surface area contributed by atoms with Gasteiger partial charge in [0, 0.05) is 18.7 Å². The van der Waals surface area contributed by atoms with Crippen LogP contribution in [0.2, 0.25) is 0 Å². The van der Waals surface area contributed by atoms with Crippen LogP contribution in [-0.2, 0) is 4.79 Å². The van der Waals surface area contributed by atoms with Crippen molar-refractivity contribution < 1.29 is 9.21 Å².